The molecule has 0 aromatic heterocycles. The third-order valence-electron chi connectivity index (χ3n) is 5.36. The van der Waals surface area contributed by atoms with Gasteiger partial charge in [0.15, 0.2) is 11.3 Å². The summed E-state index contributed by atoms with van der Waals surface area (Å²) >= 11 is 1.54. The number of thioether (sulfide) groups is 1. The first-order valence-electron chi connectivity index (χ1n) is 11.0. The average Bonchev–Trinajstić information content (AvgIpc) is 2.86. The fourth-order valence-corrected chi connectivity index (χ4v) is 4.52. The number of amides is 1. The van der Waals surface area contributed by atoms with Gasteiger partial charge in [-0.2, -0.15) is 0 Å². The van der Waals surface area contributed by atoms with Gasteiger partial charge in [-0.1, -0.05) is 79.3 Å². The molecule has 0 radical (unpaired) electrons. The third-order valence-corrected chi connectivity index (χ3v) is 6.43. The maximum Gasteiger partial charge on any atom is 0.276 e. The van der Waals surface area contributed by atoms with Crippen LogP contribution < -0.4 is 20.6 Å². The molecule has 0 saturated carbocycles. The van der Waals surface area contributed by atoms with Crippen LogP contribution in [0.2, 0.25) is 0 Å². The molecule has 0 aliphatic carbocycles. The molecule has 0 fully saturated rings. The summed E-state index contributed by atoms with van der Waals surface area (Å²) in [4.78, 5) is 18.1. The number of amidine groups is 1. The van der Waals surface area contributed by atoms with Gasteiger partial charge < -0.3 is 4.74 Å². The Morgan fingerprint density at radius 3 is 2.70 bits per heavy atom. The number of nitrogens with one attached hydrogen (secondary N) is 1. The zero-order chi connectivity index (χ0) is 22.6. The van der Waals surface area contributed by atoms with Gasteiger partial charge in [0.2, 0.25) is 0 Å². The maximum absolute atomic E-state index is 13.1. The molecule has 2 heterocycles. The highest BCUT2D eigenvalue weighted by Crippen LogP contribution is 2.32. The summed E-state index contributed by atoms with van der Waals surface area (Å²) in [5, 5.41) is 11.6. The minimum absolute atomic E-state index is 0.160. The molecule has 0 spiro atoms. The topological polar surface area (TPSA) is 66.3 Å². The molecule has 7 heteroatoms. The largest absolute Gasteiger partial charge is 0.489 e. The van der Waals surface area contributed by atoms with Gasteiger partial charge in [0.05, 0.1) is 5.36 Å². The smallest absolute Gasteiger partial charge is 0.276 e. The summed E-state index contributed by atoms with van der Waals surface area (Å²) in [6.45, 7) is 2.58. The molecule has 0 unspecified atom stereocenters. The van der Waals surface area contributed by atoms with Crippen LogP contribution in [-0.4, -0.2) is 21.8 Å². The van der Waals surface area contributed by atoms with E-state index in [-0.39, 0.29) is 5.91 Å². The van der Waals surface area contributed by atoms with Crippen LogP contribution >= 0.6 is 11.8 Å². The van der Waals surface area contributed by atoms with E-state index >= 15 is 0 Å². The number of rotatable bonds is 6. The van der Waals surface area contributed by atoms with Crippen molar-refractivity contribution in [2.45, 2.75) is 26.1 Å². The zero-order valence-electron chi connectivity index (χ0n) is 18.3. The Kier molecular flexibility index (Phi) is 6.13. The van der Waals surface area contributed by atoms with Crippen molar-refractivity contribution >= 4 is 28.5 Å². The lowest BCUT2D eigenvalue weighted by molar-refractivity contribution is -0.116. The van der Waals surface area contributed by atoms with Gasteiger partial charge in [0, 0.05) is 16.5 Å². The summed E-state index contributed by atoms with van der Waals surface area (Å²) < 4.78 is 6.04. The van der Waals surface area contributed by atoms with Gasteiger partial charge in [0.25, 0.3) is 5.91 Å². The first-order valence-corrected chi connectivity index (χ1v) is 12.0. The van der Waals surface area contributed by atoms with Crippen molar-refractivity contribution in [3.8, 4) is 5.75 Å². The van der Waals surface area contributed by atoms with Crippen LogP contribution in [0.1, 0.15) is 30.6 Å². The van der Waals surface area contributed by atoms with E-state index in [2.05, 4.69) is 12.2 Å². The van der Waals surface area contributed by atoms with E-state index in [4.69, 9.17) is 14.8 Å². The normalized spacial score (nSPS) is 16.8. The molecule has 3 aromatic rings. The Morgan fingerprint density at radius 2 is 1.85 bits per heavy atom. The molecule has 2 aliphatic rings. The molecule has 1 amide bonds. The van der Waals surface area contributed by atoms with Gasteiger partial charge in [0.1, 0.15) is 18.1 Å². The molecule has 1 N–H and O–H groups in total. The SMILES string of the molecule is CCCSC1=NN2C(=c3ccccc3=N[C@H]2c2cccc(OCc3ccccc3)c2)C(=O)N1. The minimum atomic E-state index is -0.460. The van der Waals surface area contributed by atoms with Gasteiger partial charge >= 0.3 is 0 Å². The number of carbonyl (C=O) groups excluding carboxylic acids is 1. The van der Waals surface area contributed by atoms with Crippen molar-refractivity contribution in [3.05, 3.63) is 101 Å². The number of hydrogen-bond acceptors (Lipinski definition) is 6. The molecule has 3 aromatic carbocycles. The lowest BCUT2D eigenvalue weighted by atomic mass is 10.1. The van der Waals surface area contributed by atoms with E-state index < -0.39 is 6.17 Å². The highest BCUT2D eigenvalue weighted by atomic mass is 32.2. The summed E-state index contributed by atoms with van der Waals surface area (Å²) in [6, 6.07) is 25.6. The van der Waals surface area contributed by atoms with Crippen molar-refractivity contribution in [2.24, 2.45) is 10.1 Å². The lowest BCUT2D eigenvalue weighted by Crippen LogP contribution is -2.50. The summed E-state index contributed by atoms with van der Waals surface area (Å²) in [5.41, 5.74) is 2.53. The standard InChI is InChI=1S/C26H24N4O2S/c1-2-15-33-26-28-25(31)23-21-13-6-7-14-22(21)27-24(30(23)29-26)19-11-8-12-20(16-19)32-17-18-9-4-3-5-10-18/h3-14,16,24H,2,15,17H2,1H3,(H,28,29,31)/t24-/m1/s1. The Hall–Kier alpha value is -3.58. The lowest BCUT2D eigenvalue weighted by Gasteiger charge is -2.34. The molecule has 0 saturated heterocycles. The highest BCUT2D eigenvalue weighted by molar-refractivity contribution is 8.13. The molecule has 5 rings (SSSR count). The first kappa shape index (κ1) is 21.3. The van der Waals surface area contributed by atoms with Crippen LogP contribution in [0.4, 0.5) is 0 Å². The molecule has 33 heavy (non-hydrogen) atoms. The van der Waals surface area contributed by atoms with Crippen molar-refractivity contribution in [1.82, 2.24) is 10.3 Å². The second kappa shape index (κ2) is 9.50. The van der Waals surface area contributed by atoms with Crippen molar-refractivity contribution < 1.29 is 9.53 Å². The van der Waals surface area contributed by atoms with Gasteiger partial charge in [-0.05, 0) is 30.2 Å². The predicted octanol–water partition coefficient (Wildman–Crippen LogP) is 3.55. The van der Waals surface area contributed by atoms with Gasteiger partial charge in [-0.25, -0.2) is 5.01 Å². The fourth-order valence-electron chi connectivity index (χ4n) is 3.81. The fraction of sp³-hybridized carbons (Fsp3) is 0.192. The van der Waals surface area contributed by atoms with Gasteiger partial charge in [-0.15, -0.1) is 5.10 Å². The maximum atomic E-state index is 13.1. The van der Waals surface area contributed by atoms with E-state index in [0.29, 0.717) is 17.5 Å². The average molecular weight is 457 g/mol. The van der Waals surface area contributed by atoms with E-state index in [1.54, 1.807) is 16.8 Å². The number of para-hydroxylation sites is 1. The second-order valence-electron chi connectivity index (χ2n) is 7.77. The number of carbonyl (C=O) groups is 1. The minimum Gasteiger partial charge on any atom is -0.489 e. The number of hydrogen-bond donors (Lipinski definition) is 1. The Balaban J connectivity index is 1.52. The number of nitrogens with zero attached hydrogens (tertiary/aromatic N) is 3. The highest BCUT2D eigenvalue weighted by Gasteiger charge is 2.34. The van der Waals surface area contributed by atoms with Crippen LogP contribution in [-0.2, 0) is 11.4 Å². The molecule has 6 nitrogen and oxygen atoms in total. The first-order chi connectivity index (χ1) is 16.2. The number of fused-ring (bicyclic) bond motifs is 2. The van der Waals surface area contributed by atoms with Crippen LogP contribution in [0.3, 0.4) is 0 Å². The second-order valence-corrected chi connectivity index (χ2v) is 8.85. The number of hydrazone groups is 1. The van der Waals surface area contributed by atoms with Crippen molar-refractivity contribution in [3.63, 3.8) is 0 Å². The van der Waals surface area contributed by atoms with E-state index in [1.165, 1.54) is 0 Å². The summed E-state index contributed by atoms with van der Waals surface area (Å²) in [6.07, 6.45) is 0.534. The van der Waals surface area contributed by atoms with Crippen LogP contribution in [0, 0.1) is 0 Å². The Bertz CT molecular complexity index is 1320. The van der Waals surface area contributed by atoms with Crippen LogP contribution in [0.15, 0.2) is 89.0 Å². The van der Waals surface area contributed by atoms with E-state index in [9.17, 15) is 4.79 Å². The predicted molar refractivity (Wildman–Crippen MR) is 131 cm³/mol. The summed E-state index contributed by atoms with van der Waals surface area (Å²) in [5.74, 6) is 1.47. The Morgan fingerprint density at radius 1 is 1.03 bits per heavy atom. The molecular formula is C26H24N4O2S. The van der Waals surface area contributed by atoms with Crippen molar-refractivity contribution in [2.75, 3.05) is 5.75 Å². The van der Waals surface area contributed by atoms with Crippen LogP contribution in [0.25, 0.3) is 5.70 Å². The van der Waals surface area contributed by atoms with Gasteiger partial charge in [-0.3, -0.25) is 15.1 Å². The molecule has 2 aliphatic heterocycles. The Labute approximate surface area is 196 Å². The molecule has 0 bridgehead atoms. The van der Waals surface area contributed by atoms with Crippen LogP contribution in [0.5, 0.6) is 5.75 Å². The molecular weight excluding hydrogens is 432 g/mol. The third kappa shape index (κ3) is 4.50. The zero-order valence-corrected chi connectivity index (χ0v) is 19.1. The summed E-state index contributed by atoms with van der Waals surface area (Å²) in [7, 11) is 0. The molecule has 166 valence electrons. The molecule has 1 atom stereocenters. The van der Waals surface area contributed by atoms with Crippen molar-refractivity contribution in [1.29, 1.82) is 0 Å². The monoisotopic (exact) mass is 456 g/mol. The quantitative estimate of drug-likeness (QED) is 0.616. The number of ether oxygens (including phenoxy) is 1. The van der Waals surface area contributed by atoms with E-state index in [1.807, 2.05) is 78.9 Å². The number of benzene rings is 3. The van der Waals surface area contributed by atoms with E-state index in [0.717, 1.165) is 39.6 Å².